The van der Waals surface area contributed by atoms with Gasteiger partial charge in [0.05, 0.1) is 16.6 Å². The van der Waals surface area contributed by atoms with Crippen molar-refractivity contribution in [2.24, 2.45) is 0 Å². The van der Waals surface area contributed by atoms with Crippen molar-refractivity contribution in [1.29, 1.82) is 0 Å². The monoisotopic (exact) mass is 284 g/mol. The topological polar surface area (TPSA) is 38.1 Å². The number of imidazole rings is 1. The molecule has 3 nitrogen and oxygen atoms in total. The maximum atomic E-state index is 14.2. The number of halogens is 1. The largest absolute Gasteiger partial charge is 0.507 e. The zero-order chi connectivity index (χ0) is 15.1. The van der Waals surface area contributed by atoms with Crippen molar-refractivity contribution in [1.82, 2.24) is 9.55 Å². The first-order chi connectivity index (χ1) is 9.99. The van der Waals surface area contributed by atoms with Crippen molar-refractivity contribution in [2.45, 2.75) is 26.8 Å². The Morgan fingerprint density at radius 1 is 1.19 bits per heavy atom. The zero-order valence-corrected chi connectivity index (χ0v) is 12.3. The Morgan fingerprint density at radius 2 is 1.95 bits per heavy atom. The van der Waals surface area contributed by atoms with E-state index in [4.69, 9.17) is 0 Å². The summed E-state index contributed by atoms with van der Waals surface area (Å²) in [6.07, 6.45) is 0. The minimum absolute atomic E-state index is 0.0936. The molecule has 2 aromatic carbocycles. The Hall–Kier alpha value is -2.36. The molecule has 0 unspecified atom stereocenters. The van der Waals surface area contributed by atoms with E-state index < -0.39 is 5.82 Å². The number of phenolic OH excluding ortho intramolecular Hbond substituents is 1. The van der Waals surface area contributed by atoms with E-state index in [1.165, 1.54) is 18.2 Å². The zero-order valence-electron chi connectivity index (χ0n) is 12.3. The predicted octanol–water partition coefficient (Wildman–Crippen LogP) is 4.44. The number of benzene rings is 2. The van der Waals surface area contributed by atoms with E-state index in [0.29, 0.717) is 5.82 Å². The van der Waals surface area contributed by atoms with Gasteiger partial charge >= 0.3 is 0 Å². The second kappa shape index (κ2) is 4.88. The van der Waals surface area contributed by atoms with E-state index >= 15 is 0 Å². The third kappa shape index (κ3) is 2.17. The van der Waals surface area contributed by atoms with Gasteiger partial charge in [-0.2, -0.15) is 0 Å². The van der Waals surface area contributed by atoms with Crippen LogP contribution < -0.4 is 0 Å². The lowest BCUT2D eigenvalue weighted by Gasteiger charge is -2.14. The summed E-state index contributed by atoms with van der Waals surface area (Å²) >= 11 is 0. The van der Waals surface area contributed by atoms with Gasteiger partial charge in [-0.15, -0.1) is 0 Å². The number of hydrogen-bond donors (Lipinski definition) is 1. The maximum Gasteiger partial charge on any atom is 0.148 e. The van der Waals surface area contributed by atoms with E-state index in [2.05, 4.69) is 4.98 Å². The number of aromatic nitrogens is 2. The number of phenols is 1. The third-order valence-corrected chi connectivity index (χ3v) is 3.58. The number of hydrogen-bond acceptors (Lipinski definition) is 2. The molecule has 1 aromatic heterocycles. The van der Waals surface area contributed by atoms with Gasteiger partial charge in [-0.25, -0.2) is 9.37 Å². The second-order valence-electron chi connectivity index (χ2n) is 5.53. The minimum Gasteiger partial charge on any atom is -0.507 e. The number of aryl methyl sites for hydroxylation is 1. The van der Waals surface area contributed by atoms with E-state index in [-0.39, 0.29) is 17.4 Å². The van der Waals surface area contributed by atoms with E-state index in [1.54, 1.807) is 0 Å². The fourth-order valence-corrected chi connectivity index (χ4v) is 2.64. The van der Waals surface area contributed by atoms with Crippen molar-refractivity contribution in [3.63, 3.8) is 0 Å². The molecule has 0 atom stereocenters. The van der Waals surface area contributed by atoms with Crippen LogP contribution in [0, 0.1) is 12.7 Å². The number of rotatable bonds is 2. The Labute approximate surface area is 122 Å². The molecule has 4 heteroatoms. The molecule has 0 aliphatic rings. The molecule has 108 valence electrons. The fraction of sp³-hybridized carbons (Fsp3) is 0.235. The summed E-state index contributed by atoms with van der Waals surface area (Å²) in [5, 5.41) is 10.0. The van der Waals surface area contributed by atoms with Crippen molar-refractivity contribution >= 4 is 11.0 Å². The minimum atomic E-state index is -0.469. The number of aromatic hydroxyl groups is 1. The average Bonchev–Trinajstić information content (AvgIpc) is 2.76. The lowest BCUT2D eigenvalue weighted by atomic mass is 10.1. The SMILES string of the molecule is Cc1ccc2c(c1)nc(-c1c(O)cccc1F)n2C(C)C. The van der Waals surface area contributed by atoms with Crippen LogP contribution in [0.2, 0.25) is 0 Å². The van der Waals surface area contributed by atoms with Gasteiger partial charge in [0.1, 0.15) is 17.4 Å². The van der Waals surface area contributed by atoms with Crippen LogP contribution in [-0.2, 0) is 0 Å². The van der Waals surface area contributed by atoms with Crippen molar-refractivity contribution < 1.29 is 9.50 Å². The van der Waals surface area contributed by atoms with Crippen LogP contribution in [0.15, 0.2) is 36.4 Å². The van der Waals surface area contributed by atoms with Gasteiger partial charge in [0, 0.05) is 6.04 Å². The number of fused-ring (bicyclic) bond motifs is 1. The van der Waals surface area contributed by atoms with E-state index in [9.17, 15) is 9.50 Å². The van der Waals surface area contributed by atoms with Gasteiger partial charge in [-0.1, -0.05) is 12.1 Å². The normalized spacial score (nSPS) is 11.5. The molecular weight excluding hydrogens is 267 g/mol. The summed E-state index contributed by atoms with van der Waals surface area (Å²) in [6, 6.07) is 10.4. The Bertz CT molecular complexity index is 801. The molecule has 0 aliphatic carbocycles. The third-order valence-electron chi connectivity index (χ3n) is 3.58. The summed E-state index contributed by atoms with van der Waals surface area (Å²) in [4.78, 5) is 4.55. The Morgan fingerprint density at radius 3 is 2.62 bits per heavy atom. The highest BCUT2D eigenvalue weighted by molar-refractivity contribution is 5.82. The van der Waals surface area contributed by atoms with E-state index in [1.807, 2.05) is 43.5 Å². The molecule has 3 rings (SSSR count). The van der Waals surface area contributed by atoms with Crippen LogP contribution in [0.4, 0.5) is 4.39 Å². The number of nitrogens with zero attached hydrogens (tertiary/aromatic N) is 2. The lowest BCUT2D eigenvalue weighted by molar-refractivity contribution is 0.470. The van der Waals surface area contributed by atoms with Gasteiger partial charge < -0.3 is 9.67 Å². The van der Waals surface area contributed by atoms with E-state index in [0.717, 1.165) is 16.6 Å². The van der Waals surface area contributed by atoms with Gasteiger partial charge in [0.15, 0.2) is 0 Å². The van der Waals surface area contributed by atoms with Crippen LogP contribution in [-0.4, -0.2) is 14.7 Å². The average molecular weight is 284 g/mol. The predicted molar refractivity (Wildman–Crippen MR) is 81.9 cm³/mol. The molecule has 0 amide bonds. The standard InChI is InChI=1S/C17H17FN2O/c1-10(2)20-14-8-7-11(3)9-13(14)19-17(20)16-12(18)5-4-6-15(16)21/h4-10,21H,1-3H3. The summed E-state index contributed by atoms with van der Waals surface area (Å²) in [5.74, 6) is -0.103. The Balaban J connectivity index is 2.39. The second-order valence-corrected chi connectivity index (χ2v) is 5.53. The van der Waals surface area contributed by atoms with Crippen LogP contribution in [0.1, 0.15) is 25.5 Å². The molecule has 1 heterocycles. The van der Waals surface area contributed by atoms with Gasteiger partial charge in [0.25, 0.3) is 0 Å². The molecule has 0 radical (unpaired) electrons. The maximum absolute atomic E-state index is 14.2. The molecular formula is C17H17FN2O. The van der Waals surface area contributed by atoms with Gasteiger partial charge in [-0.3, -0.25) is 0 Å². The van der Waals surface area contributed by atoms with Crippen molar-refractivity contribution in [3.05, 3.63) is 47.8 Å². The molecule has 0 saturated heterocycles. The molecule has 21 heavy (non-hydrogen) atoms. The highest BCUT2D eigenvalue weighted by Gasteiger charge is 2.20. The summed E-state index contributed by atoms with van der Waals surface area (Å²) in [6.45, 7) is 6.03. The lowest BCUT2D eigenvalue weighted by Crippen LogP contribution is -2.04. The molecule has 0 fully saturated rings. The van der Waals surface area contributed by atoms with Crippen molar-refractivity contribution in [3.8, 4) is 17.1 Å². The molecule has 3 aromatic rings. The summed E-state index contributed by atoms with van der Waals surface area (Å²) < 4.78 is 16.1. The molecule has 0 saturated carbocycles. The first-order valence-corrected chi connectivity index (χ1v) is 6.95. The first kappa shape index (κ1) is 13.6. The van der Waals surface area contributed by atoms with Crippen LogP contribution in [0.5, 0.6) is 5.75 Å². The van der Waals surface area contributed by atoms with Crippen LogP contribution in [0.25, 0.3) is 22.4 Å². The Kier molecular flexibility index (Phi) is 3.16. The summed E-state index contributed by atoms with van der Waals surface area (Å²) in [7, 11) is 0. The quantitative estimate of drug-likeness (QED) is 0.755. The molecule has 0 spiro atoms. The van der Waals surface area contributed by atoms with Crippen LogP contribution in [0.3, 0.4) is 0 Å². The summed E-state index contributed by atoms with van der Waals surface area (Å²) in [5.41, 5.74) is 3.00. The molecule has 1 N–H and O–H groups in total. The molecule has 0 bridgehead atoms. The van der Waals surface area contributed by atoms with Gasteiger partial charge in [-0.05, 0) is 50.6 Å². The van der Waals surface area contributed by atoms with Gasteiger partial charge in [0.2, 0.25) is 0 Å². The molecule has 0 aliphatic heterocycles. The highest BCUT2D eigenvalue weighted by Crippen LogP contribution is 2.35. The van der Waals surface area contributed by atoms with Crippen molar-refractivity contribution in [2.75, 3.05) is 0 Å². The highest BCUT2D eigenvalue weighted by atomic mass is 19.1. The fourth-order valence-electron chi connectivity index (χ4n) is 2.64. The first-order valence-electron chi connectivity index (χ1n) is 6.95. The van der Waals surface area contributed by atoms with Crippen LogP contribution >= 0.6 is 0 Å². The smallest absolute Gasteiger partial charge is 0.148 e.